The van der Waals surface area contributed by atoms with Crippen molar-refractivity contribution in [3.05, 3.63) is 0 Å². The Morgan fingerprint density at radius 1 is 1.12 bits per heavy atom. The third-order valence-corrected chi connectivity index (χ3v) is 5.40. The summed E-state index contributed by atoms with van der Waals surface area (Å²) in [5.41, 5.74) is 0. The third kappa shape index (κ3) is 7.63. The van der Waals surface area contributed by atoms with Crippen molar-refractivity contribution in [1.82, 2.24) is 20.4 Å². The fourth-order valence-electron chi connectivity index (χ4n) is 3.83. The highest BCUT2D eigenvalue weighted by Crippen LogP contribution is 2.28. The van der Waals surface area contributed by atoms with Crippen LogP contribution in [0.15, 0.2) is 4.99 Å². The monoisotopic (exact) mass is 351 g/mol. The zero-order chi connectivity index (χ0) is 17.9. The van der Waals surface area contributed by atoms with Gasteiger partial charge in [-0.1, -0.05) is 25.7 Å². The Bertz CT molecular complexity index is 412. The lowest BCUT2D eigenvalue weighted by Crippen LogP contribution is -2.50. The van der Waals surface area contributed by atoms with Crippen LogP contribution in [-0.4, -0.2) is 74.0 Å². The van der Waals surface area contributed by atoms with Crippen molar-refractivity contribution in [2.75, 3.05) is 52.4 Å². The molecular formula is C19H37N5O. The molecular weight excluding hydrogens is 314 g/mol. The van der Waals surface area contributed by atoms with Crippen molar-refractivity contribution in [3.8, 4) is 0 Å². The summed E-state index contributed by atoms with van der Waals surface area (Å²) in [6.07, 6.45) is 8.26. The molecule has 0 aromatic carbocycles. The van der Waals surface area contributed by atoms with E-state index in [9.17, 15) is 4.79 Å². The van der Waals surface area contributed by atoms with Gasteiger partial charge in [-0.15, -0.1) is 0 Å². The van der Waals surface area contributed by atoms with Crippen LogP contribution in [0, 0.1) is 5.92 Å². The molecule has 2 fully saturated rings. The van der Waals surface area contributed by atoms with Crippen LogP contribution >= 0.6 is 0 Å². The van der Waals surface area contributed by atoms with E-state index >= 15 is 0 Å². The van der Waals surface area contributed by atoms with Gasteiger partial charge in [-0.25, -0.2) is 0 Å². The summed E-state index contributed by atoms with van der Waals surface area (Å²) in [7, 11) is 0. The van der Waals surface area contributed by atoms with E-state index in [-0.39, 0.29) is 5.91 Å². The summed E-state index contributed by atoms with van der Waals surface area (Å²) in [5.74, 6) is 2.09. The predicted molar refractivity (Wildman–Crippen MR) is 104 cm³/mol. The molecule has 0 spiro atoms. The molecule has 1 aliphatic heterocycles. The maximum Gasteiger partial charge on any atom is 0.219 e. The zero-order valence-electron chi connectivity index (χ0n) is 16.2. The molecule has 2 N–H and O–H groups in total. The van der Waals surface area contributed by atoms with E-state index in [0.29, 0.717) is 0 Å². The van der Waals surface area contributed by atoms with Crippen LogP contribution in [0.3, 0.4) is 0 Å². The molecule has 0 unspecified atom stereocenters. The molecule has 0 bridgehead atoms. The smallest absolute Gasteiger partial charge is 0.219 e. The van der Waals surface area contributed by atoms with Gasteiger partial charge in [0.15, 0.2) is 5.96 Å². The molecule has 1 saturated carbocycles. The van der Waals surface area contributed by atoms with E-state index in [4.69, 9.17) is 4.99 Å². The summed E-state index contributed by atoms with van der Waals surface area (Å²) in [5, 5.41) is 6.79. The lowest BCUT2D eigenvalue weighted by atomic mass is 10.0. The molecule has 25 heavy (non-hydrogen) atoms. The van der Waals surface area contributed by atoms with Crippen LogP contribution in [0.5, 0.6) is 0 Å². The van der Waals surface area contributed by atoms with Crippen molar-refractivity contribution in [3.63, 3.8) is 0 Å². The van der Waals surface area contributed by atoms with Gasteiger partial charge in [0.2, 0.25) is 5.91 Å². The molecule has 0 atom stereocenters. The highest BCUT2D eigenvalue weighted by Gasteiger charge is 2.18. The molecule has 144 valence electrons. The Kier molecular flexibility index (Phi) is 9.08. The number of carbonyl (C=O) groups excluding carboxylic acids is 1. The molecule has 0 radical (unpaired) electrons. The molecule has 1 saturated heterocycles. The topological polar surface area (TPSA) is 60.0 Å². The van der Waals surface area contributed by atoms with E-state index in [1.54, 1.807) is 6.92 Å². The fourth-order valence-corrected chi connectivity index (χ4v) is 3.83. The minimum Gasteiger partial charge on any atom is -0.357 e. The summed E-state index contributed by atoms with van der Waals surface area (Å²) >= 11 is 0. The molecule has 1 aliphatic carbocycles. The van der Waals surface area contributed by atoms with Crippen LogP contribution in [0.25, 0.3) is 0 Å². The molecule has 2 aliphatic rings. The van der Waals surface area contributed by atoms with Gasteiger partial charge in [-0.2, -0.15) is 0 Å². The summed E-state index contributed by atoms with van der Waals surface area (Å²) in [6, 6.07) is 0. The predicted octanol–water partition coefficient (Wildman–Crippen LogP) is 1.68. The van der Waals surface area contributed by atoms with Gasteiger partial charge in [0.1, 0.15) is 0 Å². The fraction of sp³-hybridized carbons (Fsp3) is 0.895. The summed E-state index contributed by atoms with van der Waals surface area (Å²) < 4.78 is 0. The second kappa shape index (κ2) is 11.3. The number of amides is 1. The van der Waals surface area contributed by atoms with Crippen molar-refractivity contribution in [2.24, 2.45) is 10.9 Å². The van der Waals surface area contributed by atoms with Crippen LogP contribution < -0.4 is 10.6 Å². The molecule has 2 rings (SSSR count). The normalized spacial score (nSPS) is 20.1. The minimum atomic E-state index is 0.192. The van der Waals surface area contributed by atoms with Gasteiger partial charge < -0.3 is 15.5 Å². The Morgan fingerprint density at radius 2 is 1.84 bits per heavy atom. The SMILES string of the molecule is CCNC(=NCCCC1CCCC1)NCCN1CCN(C(C)=O)CC1. The average Bonchev–Trinajstić information content (AvgIpc) is 3.12. The van der Waals surface area contributed by atoms with Crippen molar-refractivity contribution >= 4 is 11.9 Å². The lowest BCUT2D eigenvalue weighted by molar-refractivity contribution is -0.130. The van der Waals surface area contributed by atoms with Gasteiger partial charge >= 0.3 is 0 Å². The van der Waals surface area contributed by atoms with E-state index in [0.717, 1.165) is 64.2 Å². The van der Waals surface area contributed by atoms with Crippen LogP contribution in [0.1, 0.15) is 52.4 Å². The lowest BCUT2D eigenvalue weighted by Gasteiger charge is -2.34. The van der Waals surface area contributed by atoms with Crippen LogP contribution in [0.4, 0.5) is 0 Å². The van der Waals surface area contributed by atoms with Crippen LogP contribution in [0.2, 0.25) is 0 Å². The number of nitrogens with zero attached hydrogens (tertiary/aromatic N) is 3. The number of piperazine rings is 1. The van der Waals surface area contributed by atoms with Crippen molar-refractivity contribution in [1.29, 1.82) is 0 Å². The summed E-state index contributed by atoms with van der Waals surface area (Å²) in [4.78, 5) is 20.4. The van der Waals surface area contributed by atoms with E-state index in [2.05, 4.69) is 22.5 Å². The number of rotatable bonds is 8. The van der Waals surface area contributed by atoms with E-state index in [1.807, 2.05) is 4.90 Å². The van der Waals surface area contributed by atoms with Crippen molar-refractivity contribution < 1.29 is 4.79 Å². The maximum atomic E-state index is 11.4. The number of hydrogen-bond acceptors (Lipinski definition) is 3. The highest BCUT2D eigenvalue weighted by atomic mass is 16.2. The quantitative estimate of drug-likeness (QED) is 0.397. The first-order valence-electron chi connectivity index (χ1n) is 10.2. The molecule has 6 nitrogen and oxygen atoms in total. The van der Waals surface area contributed by atoms with Gasteiger partial charge in [-0.05, 0) is 25.7 Å². The third-order valence-electron chi connectivity index (χ3n) is 5.40. The van der Waals surface area contributed by atoms with Gasteiger partial charge in [0.25, 0.3) is 0 Å². The number of nitrogens with one attached hydrogen (secondary N) is 2. The van der Waals surface area contributed by atoms with Gasteiger partial charge in [-0.3, -0.25) is 14.7 Å². The molecule has 1 amide bonds. The number of carbonyl (C=O) groups is 1. The Labute approximate surface area is 153 Å². The first-order chi connectivity index (χ1) is 12.2. The zero-order valence-corrected chi connectivity index (χ0v) is 16.2. The second-order valence-electron chi connectivity index (χ2n) is 7.33. The average molecular weight is 352 g/mol. The first kappa shape index (κ1) is 20.0. The molecule has 0 aromatic heterocycles. The van der Waals surface area contributed by atoms with Crippen molar-refractivity contribution in [2.45, 2.75) is 52.4 Å². The standard InChI is InChI=1S/C19H37N5O/c1-3-20-19(21-10-6-9-18-7-4-5-8-18)22-11-12-23-13-15-24(16-14-23)17(2)25/h18H,3-16H2,1-2H3,(H2,20,21,22). The summed E-state index contributed by atoms with van der Waals surface area (Å²) in [6.45, 7) is 11.1. The van der Waals surface area contributed by atoms with Crippen LogP contribution in [-0.2, 0) is 4.79 Å². The van der Waals surface area contributed by atoms with E-state index in [1.165, 1.54) is 38.5 Å². The van der Waals surface area contributed by atoms with Gasteiger partial charge in [0, 0.05) is 59.3 Å². The number of hydrogen-bond donors (Lipinski definition) is 2. The molecule has 1 heterocycles. The highest BCUT2D eigenvalue weighted by molar-refractivity contribution is 5.79. The van der Waals surface area contributed by atoms with Gasteiger partial charge in [0.05, 0.1) is 0 Å². The molecule has 6 heteroatoms. The molecule has 0 aromatic rings. The van der Waals surface area contributed by atoms with E-state index < -0.39 is 0 Å². The number of guanidine groups is 1. The maximum absolute atomic E-state index is 11.4. The minimum absolute atomic E-state index is 0.192. The first-order valence-corrected chi connectivity index (χ1v) is 10.2. The second-order valence-corrected chi connectivity index (χ2v) is 7.33. The Morgan fingerprint density at radius 3 is 2.48 bits per heavy atom. The largest absolute Gasteiger partial charge is 0.357 e. The number of aliphatic imine (C=N–C) groups is 1. The Hall–Kier alpha value is -1.30. The Balaban J connectivity index is 1.60.